The van der Waals surface area contributed by atoms with Gasteiger partial charge in [0.1, 0.15) is 23.0 Å². The van der Waals surface area contributed by atoms with Crippen molar-refractivity contribution >= 4 is 23.5 Å². The van der Waals surface area contributed by atoms with Crippen LogP contribution < -0.4 is 19.9 Å². The lowest BCUT2D eigenvalue weighted by molar-refractivity contribution is -0.385. The average Bonchev–Trinajstić information content (AvgIpc) is 3.03. The van der Waals surface area contributed by atoms with Crippen LogP contribution in [0.1, 0.15) is 36.8 Å². The van der Waals surface area contributed by atoms with Gasteiger partial charge in [-0.3, -0.25) is 20.2 Å². The number of non-ortho nitro benzene ring substituents is 2. The second kappa shape index (κ2) is 13.5. The number of nitro benzene ring substituents is 2. The molecule has 0 saturated carbocycles. The molecule has 0 aromatic heterocycles. The molecule has 8 nitrogen and oxygen atoms in total. The van der Waals surface area contributed by atoms with Crippen LogP contribution in [0.2, 0.25) is 0 Å². The third-order valence-corrected chi connectivity index (χ3v) is 7.20. The Bertz CT molecular complexity index is 1710. The molecule has 2 atom stereocenters. The summed E-state index contributed by atoms with van der Waals surface area (Å²) in [5.74, 6) is 2.78. The van der Waals surface area contributed by atoms with Crippen molar-refractivity contribution in [3.05, 3.63) is 163 Å². The van der Waals surface area contributed by atoms with E-state index >= 15 is 0 Å². The van der Waals surface area contributed by atoms with Crippen molar-refractivity contribution in [2.75, 3.05) is 0 Å². The van der Waals surface area contributed by atoms with Crippen LogP contribution in [0.25, 0.3) is 12.2 Å². The normalized spacial score (nSPS) is 12.0. The molecule has 0 fully saturated rings. The summed E-state index contributed by atoms with van der Waals surface area (Å²) in [4.78, 5) is 20.8. The van der Waals surface area contributed by atoms with Crippen LogP contribution in [0.5, 0.6) is 23.0 Å². The molecule has 0 aliphatic carbocycles. The van der Waals surface area contributed by atoms with E-state index in [1.54, 1.807) is 24.3 Å². The SMILES string of the molecule is CC(C=c1ccc(=CC(C)c2ccc(Oc3ccc([N+](=O)[O-])cc3)cc2)cc1)c1ccc(Oc2ccc([N+](=O)[O-])cc2)cc1. The molecule has 44 heavy (non-hydrogen) atoms. The van der Waals surface area contributed by atoms with E-state index in [1.165, 1.54) is 24.3 Å². The van der Waals surface area contributed by atoms with Gasteiger partial charge < -0.3 is 9.47 Å². The summed E-state index contributed by atoms with van der Waals surface area (Å²) in [6, 6.07) is 36.2. The molecule has 5 rings (SSSR count). The maximum absolute atomic E-state index is 10.8. The predicted octanol–water partition coefficient (Wildman–Crippen LogP) is 8.26. The minimum atomic E-state index is -0.436. The van der Waals surface area contributed by atoms with Gasteiger partial charge in [0.2, 0.25) is 0 Å². The fourth-order valence-electron chi connectivity index (χ4n) is 4.71. The van der Waals surface area contributed by atoms with E-state index in [0.29, 0.717) is 23.0 Å². The average molecular weight is 587 g/mol. The molecule has 0 aliphatic heterocycles. The van der Waals surface area contributed by atoms with Crippen LogP contribution in [0.4, 0.5) is 11.4 Å². The van der Waals surface area contributed by atoms with Crippen molar-refractivity contribution < 1.29 is 19.3 Å². The highest BCUT2D eigenvalue weighted by Gasteiger charge is 2.08. The van der Waals surface area contributed by atoms with Crippen molar-refractivity contribution in [1.82, 2.24) is 0 Å². The largest absolute Gasteiger partial charge is 0.457 e. The molecule has 0 N–H and O–H groups in total. The zero-order chi connectivity index (χ0) is 31.1. The first-order valence-corrected chi connectivity index (χ1v) is 14.1. The predicted molar refractivity (Wildman–Crippen MR) is 171 cm³/mol. The smallest absolute Gasteiger partial charge is 0.269 e. The van der Waals surface area contributed by atoms with Crippen molar-refractivity contribution in [2.24, 2.45) is 0 Å². The Morgan fingerprint density at radius 1 is 0.477 bits per heavy atom. The van der Waals surface area contributed by atoms with Gasteiger partial charge in [0.05, 0.1) is 9.85 Å². The Hall–Kier alpha value is -5.76. The molecular weight excluding hydrogens is 556 g/mol. The number of nitrogens with zero attached hydrogens (tertiary/aromatic N) is 2. The number of benzene rings is 5. The summed E-state index contributed by atoms with van der Waals surface area (Å²) in [6.45, 7) is 4.28. The second-order valence-corrected chi connectivity index (χ2v) is 10.4. The first-order valence-electron chi connectivity index (χ1n) is 14.1. The standard InChI is InChI=1S/C36H30N2O6/c1-25(29-7-15-33(16-8-29)43-35-19-11-31(12-20-35)37(39)40)23-27-3-5-28(6-4-27)24-26(2)30-9-17-34(18-10-30)44-36-21-13-32(14-22-36)38(41)42/h3-26H,1-2H3. The molecule has 2 unspecified atom stereocenters. The fourth-order valence-corrected chi connectivity index (χ4v) is 4.71. The first kappa shape index (κ1) is 29.7. The maximum atomic E-state index is 10.8. The Morgan fingerprint density at radius 2 is 0.750 bits per heavy atom. The van der Waals surface area contributed by atoms with Gasteiger partial charge in [-0.05, 0) is 81.9 Å². The van der Waals surface area contributed by atoms with E-state index in [4.69, 9.17) is 9.47 Å². The topological polar surface area (TPSA) is 105 Å². The molecule has 220 valence electrons. The summed E-state index contributed by atoms with van der Waals surface area (Å²) in [7, 11) is 0. The maximum Gasteiger partial charge on any atom is 0.269 e. The van der Waals surface area contributed by atoms with Crippen molar-refractivity contribution in [1.29, 1.82) is 0 Å². The van der Waals surface area contributed by atoms with Crippen molar-refractivity contribution in [3.63, 3.8) is 0 Å². The lowest BCUT2D eigenvalue weighted by Crippen LogP contribution is -2.09. The number of nitro groups is 2. The summed E-state index contributed by atoms with van der Waals surface area (Å²) < 4.78 is 11.6. The van der Waals surface area contributed by atoms with Gasteiger partial charge in [-0.25, -0.2) is 0 Å². The van der Waals surface area contributed by atoms with E-state index in [1.807, 2.05) is 48.5 Å². The van der Waals surface area contributed by atoms with Gasteiger partial charge in [-0.2, -0.15) is 0 Å². The van der Waals surface area contributed by atoms with Crippen LogP contribution in [0.3, 0.4) is 0 Å². The van der Waals surface area contributed by atoms with E-state index in [2.05, 4.69) is 50.3 Å². The minimum Gasteiger partial charge on any atom is -0.457 e. The van der Waals surface area contributed by atoms with Gasteiger partial charge in [-0.1, -0.05) is 74.5 Å². The molecule has 8 heteroatoms. The lowest BCUT2D eigenvalue weighted by Gasteiger charge is -2.10. The molecule has 0 saturated heterocycles. The molecule has 0 amide bonds. The van der Waals surface area contributed by atoms with Gasteiger partial charge in [-0.15, -0.1) is 0 Å². The highest BCUT2D eigenvalue weighted by molar-refractivity contribution is 5.45. The molecule has 5 aromatic carbocycles. The Balaban J connectivity index is 1.19. The summed E-state index contributed by atoms with van der Waals surface area (Å²) in [5, 5.41) is 23.9. The highest BCUT2D eigenvalue weighted by atomic mass is 16.6. The Kier molecular flexibility index (Phi) is 9.10. The minimum absolute atomic E-state index is 0.0258. The second-order valence-electron chi connectivity index (χ2n) is 10.4. The summed E-state index contributed by atoms with van der Waals surface area (Å²) in [6.07, 6.45) is 4.42. The van der Waals surface area contributed by atoms with Crippen LogP contribution in [0, 0.1) is 20.2 Å². The fraction of sp³-hybridized carbons (Fsp3) is 0.111. The number of ether oxygens (including phenoxy) is 2. The molecule has 0 aliphatic rings. The third-order valence-electron chi connectivity index (χ3n) is 7.20. The van der Waals surface area contributed by atoms with Crippen LogP contribution in [-0.2, 0) is 0 Å². The highest BCUT2D eigenvalue weighted by Crippen LogP contribution is 2.27. The number of hydrogen-bond donors (Lipinski definition) is 0. The van der Waals surface area contributed by atoms with E-state index in [0.717, 1.165) is 21.6 Å². The van der Waals surface area contributed by atoms with E-state index < -0.39 is 9.85 Å². The van der Waals surface area contributed by atoms with Gasteiger partial charge in [0.15, 0.2) is 0 Å². The Morgan fingerprint density at radius 3 is 1.02 bits per heavy atom. The Labute approximate surface area is 254 Å². The third kappa shape index (κ3) is 7.74. The monoisotopic (exact) mass is 586 g/mol. The quantitative estimate of drug-likeness (QED) is 0.121. The first-order chi connectivity index (χ1) is 21.2. The van der Waals surface area contributed by atoms with Gasteiger partial charge in [0.25, 0.3) is 11.4 Å². The van der Waals surface area contributed by atoms with E-state index in [9.17, 15) is 20.2 Å². The van der Waals surface area contributed by atoms with Crippen LogP contribution in [-0.4, -0.2) is 9.85 Å². The number of rotatable bonds is 10. The van der Waals surface area contributed by atoms with Crippen LogP contribution in [0.15, 0.2) is 121 Å². The van der Waals surface area contributed by atoms with Gasteiger partial charge >= 0.3 is 0 Å². The summed E-state index contributed by atoms with van der Waals surface area (Å²) >= 11 is 0. The zero-order valence-corrected chi connectivity index (χ0v) is 24.2. The molecular formula is C36H30N2O6. The van der Waals surface area contributed by atoms with Gasteiger partial charge in [0, 0.05) is 24.3 Å². The van der Waals surface area contributed by atoms with E-state index in [-0.39, 0.29) is 23.2 Å². The molecule has 0 spiro atoms. The van der Waals surface area contributed by atoms with Crippen molar-refractivity contribution in [3.8, 4) is 23.0 Å². The molecule has 0 radical (unpaired) electrons. The summed E-state index contributed by atoms with van der Waals surface area (Å²) in [5.41, 5.74) is 2.34. The van der Waals surface area contributed by atoms with Crippen LogP contribution >= 0.6 is 0 Å². The zero-order valence-electron chi connectivity index (χ0n) is 24.2. The molecule has 0 bridgehead atoms. The number of hydrogen-bond acceptors (Lipinski definition) is 6. The van der Waals surface area contributed by atoms with Crippen molar-refractivity contribution in [2.45, 2.75) is 25.7 Å². The molecule has 5 aromatic rings. The lowest BCUT2D eigenvalue weighted by atomic mass is 9.98. The molecule has 0 heterocycles.